The maximum Gasteiger partial charge on any atom is 0.339 e. The van der Waals surface area contributed by atoms with Gasteiger partial charge < -0.3 is 4.74 Å². The van der Waals surface area contributed by atoms with E-state index in [1.807, 2.05) is 0 Å². The molecule has 3 aromatic rings. The molecule has 3 rings (SSSR count). The van der Waals surface area contributed by atoms with Gasteiger partial charge >= 0.3 is 5.97 Å². The number of methoxy groups -OCH3 is 1. The van der Waals surface area contributed by atoms with Crippen LogP contribution in [0.15, 0.2) is 76.6 Å². The number of nitrogens with one attached hydrogen (secondary N) is 1. The van der Waals surface area contributed by atoms with Crippen LogP contribution in [0.4, 0.5) is 11.4 Å². The molecule has 0 radical (unpaired) electrons. The van der Waals surface area contributed by atoms with Crippen LogP contribution in [0.3, 0.4) is 0 Å². The van der Waals surface area contributed by atoms with Gasteiger partial charge in [-0.15, -0.1) is 0 Å². The molecule has 1 heterocycles. The molecule has 0 aliphatic rings. The largest absolute Gasteiger partial charge is 0.465 e. The molecule has 2 aromatic carbocycles. The van der Waals surface area contributed by atoms with Crippen molar-refractivity contribution >= 4 is 27.4 Å². The van der Waals surface area contributed by atoms with Crippen molar-refractivity contribution in [1.82, 2.24) is 4.57 Å². The summed E-state index contributed by atoms with van der Waals surface area (Å²) in [5, 5.41) is 10.7. The Labute approximate surface area is 170 Å². The summed E-state index contributed by atoms with van der Waals surface area (Å²) in [4.78, 5) is 33.8. The first-order chi connectivity index (χ1) is 14.2. The highest BCUT2D eigenvalue weighted by Crippen LogP contribution is 2.20. The van der Waals surface area contributed by atoms with Gasteiger partial charge in [0.15, 0.2) is 0 Å². The van der Waals surface area contributed by atoms with Crippen molar-refractivity contribution in [3.05, 3.63) is 92.9 Å². The Kier molecular flexibility index (Phi) is 5.65. The number of pyridine rings is 1. The lowest BCUT2D eigenvalue weighted by molar-refractivity contribution is -0.384. The van der Waals surface area contributed by atoms with Crippen LogP contribution in [0.25, 0.3) is 5.69 Å². The molecule has 0 spiro atoms. The van der Waals surface area contributed by atoms with Crippen molar-refractivity contribution in [2.24, 2.45) is 0 Å². The van der Waals surface area contributed by atoms with Crippen molar-refractivity contribution in [1.29, 1.82) is 0 Å². The standard InChI is InChI=1S/C19H15N3O7S/c1-29-19(24)13-2-11-18(23)21(12-13)15-7-9-17(10-8-15)30(27,28)20-14-3-5-16(6-4-14)22(25)26/h2-12,20H,1H3. The number of sulfonamides is 1. The van der Waals surface area contributed by atoms with Crippen LogP contribution in [0, 0.1) is 10.1 Å². The van der Waals surface area contributed by atoms with Gasteiger partial charge in [-0.3, -0.25) is 24.2 Å². The van der Waals surface area contributed by atoms with E-state index in [4.69, 9.17) is 0 Å². The minimum atomic E-state index is -3.96. The summed E-state index contributed by atoms with van der Waals surface area (Å²) in [7, 11) is -2.74. The molecule has 10 nitrogen and oxygen atoms in total. The Morgan fingerprint density at radius 1 is 1.03 bits per heavy atom. The van der Waals surface area contributed by atoms with Crippen molar-refractivity contribution in [3.8, 4) is 5.69 Å². The Morgan fingerprint density at radius 3 is 2.23 bits per heavy atom. The van der Waals surface area contributed by atoms with Crippen LogP contribution in [-0.2, 0) is 14.8 Å². The maximum absolute atomic E-state index is 12.5. The van der Waals surface area contributed by atoms with E-state index < -0.39 is 26.5 Å². The van der Waals surface area contributed by atoms with E-state index in [9.17, 15) is 28.1 Å². The summed E-state index contributed by atoms with van der Waals surface area (Å²) >= 11 is 0. The molecule has 0 saturated heterocycles. The second-order valence-electron chi connectivity index (χ2n) is 6.02. The van der Waals surface area contributed by atoms with Crippen LogP contribution in [0.1, 0.15) is 10.4 Å². The molecule has 0 saturated carbocycles. The van der Waals surface area contributed by atoms with Crippen molar-refractivity contribution in [2.45, 2.75) is 4.90 Å². The molecular weight excluding hydrogens is 414 g/mol. The zero-order chi connectivity index (χ0) is 21.9. The van der Waals surface area contributed by atoms with Crippen molar-refractivity contribution in [2.75, 3.05) is 11.8 Å². The van der Waals surface area contributed by atoms with Crippen molar-refractivity contribution < 1.29 is 22.9 Å². The van der Waals surface area contributed by atoms with Crippen LogP contribution in [-0.4, -0.2) is 31.0 Å². The molecule has 0 bridgehead atoms. The summed E-state index contributed by atoms with van der Waals surface area (Å²) in [6.45, 7) is 0. The minimum absolute atomic E-state index is 0.0817. The Hall–Kier alpha value is -3.99. The smallest absolute Gasteiger partial charge is 0.339 e. The number of carbonyl (C=O) groups is 1. The lowest BCUT2D eigenvalue weighted by Gasteiger charge is -2.10. The number of nitro benzene ring substituents is 1. The minimum Gasteiger partial charge on any atom is -0.465 e. The maximum atomic E-state index is 12.5. The number of esters is 1. The van der Waals surface area contributed by atoms with Gasteiger partial charge in [-0.2, -0.15) is 0 Å². The van der Waals surface area contributed by atoms with Gasteiger partial charge in [0.05, 0.1) is 22.5 Å². The van der Waals surface area contributed by atoms with Gasteiger partial charge in [-0.25, -0.2) is 13.2 Å². The number of benzene rings is 2. The molecule has 1 N–H and O–H groups in total. The number of nitrogens with zero attached hydrogens (tertiary/aromatic N) is 2. The molecule has 0 aliphatic heterocycles. The molecule has 30 heavy (non-hydrogen) atoms. The zero-order valence-electron chi connectivity index (χ0n) is 15.5. The van der Waals surface area contributed by atoms with Gasteiger partial charge in [-0.1, -0.05) is 0 Å². The van der Waals surface area contributed by atoms with E-state index in [0.29, 0.717) is 5.69 Å². The topological polar surface area (TPSA) is 138 Å². The van der Waals surface area contributed by atoms with E-state index >= 15 is 0 Å². The van der Waals surface area contributed by atoms with Gasteiger partial charge in [0, 0.05) is 35.8 Å². The number of rotatable bonds is 6. The summed E-state index contributed by atoms with van der Waals surface area (Å²) in [5.41, 5.74) is 0.0875. The third-order valence-corrected chi connectivity index (χ3v) is 5.48. The van der Waals surface area contributed by atoms with E-state index in [1.54, 1.807) is 0 Å². The molecular formula is C19H15N3O7S. The third-order valence-electron chi connectivity index (χ3n) is 4.09. The lowest BCUT2D eigenvalue weighted by atomic mass is 10.2. The average molecular weight is 429 g/mol. The Balaban J connectivity index is 1.87. The van der Waals surface area contributed by atoms with Crippen LogP contribution in [0.2, 0.25) is 0 Å². The summed E-state index contributed by atoms with van der Waals surface area (Å²) in [6.07, 6.45) is 1.30. The molecule has 0 aliphatic carbocycles. The van der Waals surface area contributed by atoms with Crippen molar-refractivity contribution in [3.63, 3.8) is 0 Å². The quantitative estimate of drug-likeness (QED) is 0.360. The number of ether oxygens (including phenoxy) is 1. The monoisotopic (exact) mass is 429 g/mol. The van der Waals surface area contributed by atoms with E-state index in [1.165, 1.54) is 78.5 Å². The molecule has 1 aromatic heterocycles. The number of hydrogen-bond acceptors (Lipinski definition) is 7. The van der Waals surface area contributed by atoms with Crippen LogP contribution < -0.4 is 10.3 Å². The normalized spacial score (nSPS) is 11.0. The summed E-state index contributed by atoms with van der Waals surface area (Å²) in [6, 6.07) is 12.9. The number of aromatic nitrogens is 1. The fourth-order valence-electron chi connectivity index (χ4n) is 2.58. The van der Waals surface area contributed by atoms with Gasteiger partial charge in [-0.05, 0) is 42.5 Å². The number of hydrogen-bond donors (Lipinski definition) is 1. The first-order valence-electron chi connectivity index (χ1n) is 8.40. The van der Waals surface area contributed by atoms with E-state index in [2.05, 4.69) is 9.46 Å². The number of non-ortho nitro benzene ring substituents is 1. The summed E-state index contributed by atoms with van der Waals surface area (Å²) in [5.74, 6) is -0.616. The molecule has 11 heteroatoms. The van der Waals surface area contributed by atoms with Gasteiger partial charge in [0.1, 0.15) is 0 Å². The fraction of sp³-hybridized carbons (Fsp3) is 0.0526. The average Bonchev–Trinajstić information content (AvgIpc) is 2.73. The lowest BCUT2D eigenvalue weighted by Crippen LogP contribution is -2.19. The molecule has 0 amide bonds. The SMILES string of the molecule is COC(=O)c1ccc(=O)n(-c2ccc(S(=O)(=O)Nc3ccc([N+](=O)[O-])cc3)cc2)c1. The van der Waals surface area contributed by atoms with Crippen LogP contribution in [0.5, 0.6) is 0 Å². The molecule has 154 valence electrons. The third kappa shape index (κ3) is 4.36. The fourth-order valence-corrected chi connectivity index (χ4v) is 3.64. The van der Waals surface area contributed by atoms with Gasteiger partial charge in [0.2, 0.25) is 0 Å². The molecule has 0 unspecified atom stereocenters. The Morgan fingerprint density at radius 2 is 1.67 bits per heavy atom. The highest BCUT2D eigenvalue weighted by atomic mass is 32.2. The predicted molar refractivity (Wildman–Crippen MR) is 107 cm³/mol. The first kappa shape index (κ1) is 20.7. The summed E-state index contributed by atoms with van der Waals surface area (Å²) < 4.78 is 33.2. The molecule has 0 atom stereocenters. The Bertz CT molecular complexity index is 1260. The van der Waals surface area contributed by atoms with Crippen LogP contribution >= 0.6 is 0 Å². The number of nitro groups is 1. The van der Waals surface area contributed by atoms with E-state index in [0.717, 1.165) is 0 Å². The number of carbonyl (C=O) groups excluding carboxylic acids is 1. The second-order valence-corrected chi connectivity index (χ2v) is 7.70. The highest BCUT2D eigenvalue weighted by molar-refractivity contribution is 7.92. The highest BCUT2D eigenvalue weighted by Gasteiger charge is 2.16. The van der Waals surface area contributed by atoms with E-state index in [-0.39, 0.29) is 21.8 Å². The predicted octanol–water partition coefficient (Wildman–Crippen LogP) is 2.33. The first-order valence-corrected chi connectivity index (χ1v) is 9.88. The second kappa shape index (κ2) is 8.17. The molecule has 0 fully saturated rings. The number of anilines is 1. The zero-order valence-corrected chi connectivity index (χ0v) is 16.3. The van der Waals surface area contributed by atoms with Gasteiger partial charge in [0.25, 0.3) is 21.3 Å².